The second-order valence-corrected chi connectivity index (χ2v) is 7.64. The SMILES string of the molecule is [O]O/C(=C1/c2ccccc2N(Cc2ccccc2)[C@@H]1c1ccccc1)c1ccccc1. The van der Waals surface area contributed by atoms with E-state index in [4.69, 9.17) is 4.89 Å². The smallest absolute Gasteiger partial charge is 0.182 e. The molecule has 0 amide bonds. The van der Waals surface area contributed by atoms with Crippen LogP contribution in [0.2, 0.25) is 0 Å². The van der Waals surface area contributed by atoms with Crippen molar-refractivity contribution in [2.45, 2.75) is 12.6 Å². The summed E-state index contributed by atoms with van der Waals surface area (Å²) in [5, 5.41) is 12.1. The first kappa shape index (κ1) is 19.2. The highest BCUT2D eigenvalue weighted by Crippen LogP contribution is 2.51. The molecular weight excluding hydrogens is 382 g/mol. The van der Waals surface area contributed by atoms with Crippen LogP contribution in [0.1, 0.15) is 28.3 Å². The van der Waals surface area contributed by atoms with Gasteiger partial charge in [0.15, 0.2) is 5.76 Å². The molecule has 0 saturated heterocycles. The van der Waals surface area contributed by atoms with E-state index < -0.39 is 0 Å². The van der Waals surface area contributed by atoms with E-state index in [9.17, 15) is 5.26 Å². The Morgan fingerprint density at radius 1 is 0.710 bits per heavy atom. The number of benzene rings is 4. The predicted molar refractivity (Wildman–Crippen MR) is 123 cm³/mol. The van der Waals surface area contributed by atoms with Crippen LogP contribution in [0.4, 0.5) is 5.69 Å². The highest BCUT2D eigenvalue weighted by Gasteiger charge is 2.38. The van der Waals surface area contributed by atoms with E-state index in [1.54, 1.807) is 0 Å². The van der Waals surface area contributed by atoms with Crippen LogP contribution in [-0.4, -0.2) is 0 Å². The molecule has 151 valence electrons. The van der Waals surface area contributed by atoms with Crippen LogP contribution in [0.15, 0.2) is 115 Å². The van der Waals surface area contributed by atoms with Crippen molar-refractivity contribution < 1.29 is 10.1 Å². The minimum Gasteiger partial charge on any atom is -0.355 e. The van der Waals surface area contributed by atoms with Crippen LogP contribution >= 0.6 is 0 Å². The molecule has 0 aromatic heterocycles. The maximum absolute atomic E-state index is 12.1. The highest BCUT2D eigenvalue weighted by atomic mass is 17.1. The topological polar surface area (TPSA) is 32.4 Å². The average molecular weight is 404 g/mol. The summed E-state index contributed by atoms with van der Waals surface area (Å²) in [4.78, 5) is 7.19. The molecular formula is C28H22NO2. The zero-order valence-electron chi connectivity index (χ0n) is 17.0. The van der Waals surface area contributed by atoms with Crippen LogP contribution in [0.3, 0.4) is 0 Å². The second-order valence-electron chi connectivity index (χ2n) is 7.64. The van der Waals surface area contributed by atoms with Crippen LogP contribution in [0.5, 0.6) is 0 Å². The number of fused-ring (bicyclic) bond motifs is 1. The van der Waals surface area contributed by atoms with Crippen LogP contribution < -0.4 is 4.90 Å². The van der Waals surface area contributed by atoms with Gasteiger partial charge in [-0.05, 0) is 17.2 Å². The van der Waals surface area contributed by atoms with Crippen molar-refractivity contribution >= 4 is 17.0 Å². The molecule has 4 aromatic rings. The Bertz CT molecular complexity index is 1190. The van der Waals surface area contributed by atoms with Crippen molar-refractivity contribution in [3.8, 4) is 0 Å². The van der Waals surface area contributed by atoms with E-state index >= 15 is 0 Å². The zero-order valence-corrected chi connectivity index (χ0v) is 17.0. The largest absolute Gasteiger partial charge is 0.355 e. The Morgan fingerprint density at radius 2 is 1.29 bits per heavy atom. The Morgan fingerprint density at radius 3 is 1.97 bits per heavy atom. The lowest BCUT2D eigenvalue weighted by molar-refractivity contribution is -0.239. The summed E-state index contributed by atoms with van der Waals surface area (Å²) in [7, 11) is 0. The van der Waals surface area contributed by atoms with E-state index in [1.807, 2.05) is 66.7 Å². The van der Waals surface area contributed by atoms with Gasteiger partial charge in [0.1, 0.15) is 0 Å². The van der Waals surface area contributed by atoms with Crippen LogP contribution in [0, 0.1) is 0 Å². The molecule has 1 aliphatic rings. The molecule has 0 saturated carbocycles. The zero-order chi connectivity index (χ0) is 21.0. The van der Waals surface area contributed by atoms with E-state index in [2.05, 4.69) is 53.4 Å². The highest BCUT2D eigenvalue weighted by molar-refractivity contribution is 5.99. The number of anilines is 1. The summed E-state index contributed by atoms with van der Waals surface area (Å²) in [5.74, 6) is 0.373. The number of hydrogen-bond donors (Lipinski definition) is 0. The number of para-hydroxylation sites is 1. The van der Waals surface area contributed by atoms with Gasteiger partial charge < -0.3 is 9.79 Å². The van der Waals surface area contributed by atoms with Gasteiger partial charge in [0.2, 0.25) is 0 Å². The fourth-order valence-electron chi connectivity index (χ4n) is 4.42. The molecule has 31 heavy (non-hydrogen) atoms. The molecule has 0 N–H and O–H groups in total. The first-order chi connectivity index (χ1) is 15.4. The van der Waals surface area contributed by atoms with Crippen LogP contribution in [-0.2, 0) is 16.7 Å². The van der Waals surface area contributed by atoms with Crippen molar-refractivity contribution in [1.29, 1.82) is 0 Å². The summed E-state index contributed by atoms with van der Waals surface area (Å²) in [6.45, 7) is 0.724. The van der Waals surface area contributed by atoms with Crippen molar-refractivity contribution in [1.82, 2.24) is 0 Å². The molecule has 1 aliphatic heterocycles. The van der Waals surface area contributed by atoms with Crippen molar-refractivity contribution in [3.05, 3.63) is 138 Å². The summed E-state index contributed by atoms with van der Waals surface area (Å²) in [6, 6.07) is 38.5. The van der Waals surface area contributed by atoms with Gasteiger partial charge in [-0.2, -0.15) is 0 Å². The number of nitrogens with zero attached hydrogens (tertiary/aromatic N) is 1. The molecule has 1 atom stereocenters. The first-order valence-corrected chi connectivity index (χ1v) is 10.4. The summed E-state index contributed by atoms with van der Waals surface area (Å²) < 4.78 is 0. The third-order valence-corrected chi connectivity index (χ3v) is 5.76. The molecule has 3 nitrogen and oxygen atoms in total. The quantitative estimate of drug-likeness (QED) is 0.211. The Labute approximate surface area is 182 Å². The average Bonchev–Trinajstić information content (AvgIpc) is 3.15. The van der Waals surface area contributed by atoms with Crippen molar-refractivity contribution in [3.63, 3.8) is 0 Å². The standard InChI is InChI=1S/C28H22NO2/c30-31-28(23-16-8-3-9-17-23)26-24-18-10-11-19-25(24)29(20-21-12-4-1-5-13-21)27(26)22-14-6-2-7-15-22/h1-19,27H,20H2/b28-26-/t27-/m1/s1. The van der Waals surface area contributed by atoms with E-state index in [-0.39, 0.29) is 6.04 Å². The summed E-state index contributed by atoms with van der Waals surface area (Å²) >= 11 is 0. The fraction of sp³-hybridized carbons (Fsp3) is 0.0714. The van der Waals surface area contributed by atoms with Crippen LogP contribution in [0.25, 0.3) is 11.3 Å². The van der Waals surface area contributed by atoms with Crippen molar-refractivity contribution in [2.24, 2.45) is 0 Å². The second kappa shape index (κ2) is 8.50. The monoisotopic (exact) mass is 404 g/mol. The van der Waals surface area contributed by atoms with E-state index in [0.717, 1.165) is 34.5 Å². The van der Waals surface area contributed by atoms with Gasteiger partial charge in [-0.3, -0.25) is 0 Å². The molecule has 0 bridgehead atoms. The minimum absolute atomic E-state index is 0.136. The normalized spacial score (nSPS) is 16.7. The Kier molecular flexibility index (Phi) is 5.26. The summed E-state index contributed by atoms with van der Waals surface area (Å²) in [5.41, 5.74) is 6.14. The molecule has 0 unspecified atom stereocenters. The molecule has 0 spiro atoms. The summed E-state index contributed by atoms with van der Waals surface area (Å²) in [6.07, 6.45) is 0. The molecule has 0 aliphatic carbocycles. The maximum Gasteiger partial charge on any atom is 0.182 e. The van der Waals surface area contributed by atoms with Gasteiger partial charge in [-0.15, -0.1) is 0 Å². The number of rotatable bonds is 5. The number of hydrogen-bond acceptors (Lipinski definition) is 2. The van der Waals surface area contributed by atoms with Gasteiger partial charge in [0, 0.05) is 34.2 Å². The molecule has 0 fully saturated rings. The lowest BCUT2D eigenvalue weighted by atomic mass is 9.93. The third kappa shape index (κ3) is 3.60. The molecule has 3 heteroatoms. The minimum atomic E-state index is -0.136. The molecule has 1 heterocycles. The lowest BCUT2D eigenvalue weighted by Gasteiger charge is -2.29. The van der Waals surface area contributed by atoms with Gasteiger partial charge in [0.25, 0.3) is 0 Å². The Hall–Kier alpha value is -3.82. The van der Waals surface area contributed by atoms with Gasteiger partial charge in [0.05, 0.1) is 6.04 Å². The van der Waals surface area contributed by atoms with E-state index in [1.165, 1.54) is 5.56 Å². The predicted octanol–water partition coefficient (Wildman–Crippen LogP) is 6.68. The third-order valence-electron chi connectivity index (χ3n) is 5.76. The Balaban J connectivity index is 1.75. The first-order valence-electron chi connectivity index (χ1n) is 10.4. The van der Waals surface area contributed by atoms with Gasteiger partial charge >= 0.3 is 0 Å². The van der Waals surface area contributed by atoms with Gasteiger partial charge in [-0.25, -0.2) is 0 Å². The van der Waals surface area contributed by atoms with Crippen molar-refractivity contribution in [2.75, 3.05) is 4.90 Å². The van der Waals surface area contributed by atoms with Gasteiger partial charge in [-0.1, -0.05) is 109 Å². The maximum atomic E-state index is 12.1. The van der Waals surface area contributed by atoms with E-state index in [0.29, 0.717) is 5.76 Å². The fourth-order valence-corrected chi connectivity index (χ4v) is 4.42. The molecule has 4 aromatic carbocycles. The molecule has 1 radical (unpaired) electrons. The molecule has 5 rings (SSSR count). The lowest BCUT2D eigenvalue weighted by Crippen LogP contribution is -2.24.